The van der Waals surface area contributed by atoms with Crippen molar-refractivity contribution in [1.82, 2.24) is 4.31 Å². The predicted molar refractivity (Wildman–Crippen MR) is 112 cm³/mol. The Kier molecular flexibility index (Phi) is 5.28. The van der Waals surface area contributed by atoms with Gasteiger partial charge in [0.15, 0.2) is 0 Å². The first-order chi connectivity index (χ1) is 14.0. The summed E-state index contributed by atoms with van der Waals surface area (Å²) < 4.78 is 60.3. The number of fused-ring (bicyclic) bond motifs is 2. The number of hydrogen-bond acceptors (Lipinski definition) is 6. The second-order valence-corrected chi connectivity index (χ2v) is 12.7. The highest BCUT2D eigenvalue weighted by molar-refractivity contribution is 7.92. The number of anilines is 1. The van der Waals surface area contributed by atoms with Gasteiger partial charge in [-0.1, -0.05) is 13.8 Å². The molecule has 2 aliphatic carbocycles. The van der Waals surface area contributed by atoms with E-state index in [9.17, 15) is 21.6 Å². The van der Waals surface area contributed by atoms with Crippen LogP contribution in [0.15, 0.2) is 29.2 Å². The fourth-order valence-electron chi connectivity index (χ4n) is 5.28. The van der Waals surface area contributed by atoms with Gasteiger partial charge >= 0.3 is 0 Å². The standard InChI is InChI=1S/C20H28N2O6S2/c1-19(2)15-7-8-20(19,18(23)13-15)14-29(24,25)21-16-3-5-17(6-4-16)30(26,27)22-9-11-28-12-10-22/h3-6,15,21H,7-14H2,1-2H3. The van der Waals surface area contributed by atoms with Gasteiger partial charge in [-0.05, 0) is 48.4 Å². The van der Waals surface area contributed by atoms with Gasteiger partial charge in [0.1, 0.15) is 5.78 Å². The number of carbonyl (C=O) groups is 1. The fourth-order valence-corrected chi connectivity index (χ4v) is 8.58. The summed E-state index contributed by atoms with van der Waals surface area (Å²) in [7, 11) is -7.42. The first-order valence-corrected chi connectivity index (χ1v) is 13.3. The third-order valence-electron chi connectivity index (χ3n) is 7.31. The molecule has 1 heterocycles. The van der Waals surface area contributed by atoms with Crippen molar-refractivity contribution in [2.45, 2.75) is 38.0 Å². The highest BCUT2D eigenvalue weighted by atomic mass is 32.2. The van der Waals surface area contributed by atoms with Crippen molar-refractivity contribution in [2.24, 2.45) is 16.7 Å². The summed E-state index contributed by atoms with van der Waals surface area (Å²) in [6, 6.07) is 5.69. The molecule has 3 fully saturated rings. The van der Waals surface area contributed by atoms with Crippen molar-refractivity contribution in [3.05, 3.63) is 24.3 Å². The molecule has 1 saturated heterocycles. The normalized spacial score (nSPS) is 29.3. The van der Waals surface area contributed by atoms with E-state index in [1.807, 2.05) is 13.8 Å². The molecule has 2 bridgehead atoms. The largest absolute Gasteiger partial charge is 0.379 e. The average molecular weight is 457 g/mol. The van der Waals surface area contributed by atoms with Crippen LogP contribution in [0, 0.1) is 16.7 Å². The quantitative estimate of drug-likeness (QED) is 0.700. The Morgan fingerprint density at radius 3 is 2.27 bits per heavy atom. The first-order valence-electron chi connectivity index (χ1n) is 10.2. The van der Waals surface area contributed by atoms with E-state index in [1.165, 1.54) is 28.6 Å². The van der Waals surface area contributed by atoms with Crippen molar-refractivity contribution in [3.8, 4) is 0 Å². The summed E-state index contributed by atoms with van der Waals surface area (Å²) in [5, 5.41) is 0. The van der Waals surface area contributed by atoms with Crippen LogP contribution in [-0.2, 0) is 29.6 Å². The molecule has 166 valence electrons. The molecule has 2 atom stereocenters. The number of ether oxygens (including phenoxy) is 1. The van der Waals surface area contributed by atoms with Crippen molar-refractivity contribution < 1.29 is 26.4 Å². The highest BCUT2D eigenvalue weighted by Crippen LogP contribution is 2.64. The van der Waals surface area contributed by atoms with Gasteiger partial charge in [-0.15, -0.1) is 0 Å². The Balaban J connectivity index is 1.50. The van der Waals surface area contributed by atoms with E-state index in [4.69, 9.17) is 4.74 Å². The number of Topliss-reactive ketones (excluding diaryl/α,β-unsaturated/α-hetero) is 1. The van der Waals surface area contributed by atoms with E-state index in [2.05, 4.69) is 4.72 Å². The topological polar surface area (TPSA) is 110 Å². The zero-order chi connectivity index (χ0) is 21.8. The Labute approximate surface area is 178 Å². The first kappa shape index (κ1) is 21.7. The number of sulfonamides is 2. The zero-order valence-corrected chi connectivity index (χ0v) is 18.9. The van der Waals surface area contributed by atoms with Crippen LogP contribution in [0.25, 0.3) is 0 Å². The third kappa shape index (κ3) is 3.47. The van der Waals surface area contributed by atoms with Gasteiger partial charge in [-0.25, -0.2) is 16.8 Å². The second kappa shape index (κ2) is 7.29. The van der Waals surface area contributed by atoms with E-state index in [0.717, 1.165) is 6.42 Å². The summed E-state index contributed by atoms with van der Waals surface area (Å²) >= 11 is 0. The van der Waals surface area contributed by atoms with Gasteiger partial charge < -0.3 is 4.74 Å². The van der Waals surface area contributed by atoms with Crippen LogP contribution in [0.5, 0.6) is 0 Å². The molecule has 1 aromatic carbocycles. The van der Waals surface area contributed by atoms with E-state index < -0.39 is 25.5 Å². The molecule has 1 aromatic rings. The van der Waals surface area contributed by atoms with Gasteiger partial charge in [-0.2, -0.15) is 4.31 Å². The summed E-state index contributed by atoms with van der Waals surface area (Å²) in [6.07, 6.45) is 1.93. The van der Waals surface area contributed by atoms with Crippen LogP contribution < -0.4 is 4.72 Å². The lowest BCUT2D eigenvalue weighted by atomic mass is 9.70. The molecule has 0 amide bonds. The molecule has 0 aromatic heterocycles. The van der Waals surface area contributed by atoms with Crippen LogP contribution >= 0.6 is 0 Å². The van der Waals surface area contributed by atoms with Crippen LogP contribution in [0.1, 0.15) is 33.1 Å². The van der Waals surface area contributed by atoms with E-state index >= 15 is 0 Å². The maximum atomic E-state index is 12.9. The van der Waals surface area contributed by atoms with Crippen LogP contribution in [0.4, 0.5) is 5.69 Å². The minimum Gasteiger partial charge on any atom is -0.379 e. The molecule has 0 radical (unpaired) electrons. The van der Waals surface area contributed by atoms with E-state index in [1.54, 1.807) is 0 Å². The monoisotopic (exact) mass is 456 g/mol. The Morgan fingerprint density at radius 2 is 1.73 bits per heavy atom. The molecule has 2 saturated carbocycles. The zero-order valence-electron chi connectivity index (χ0n) is 17.3. The molecule has 1 aliphatic heterocycles. The number of nitrogens with zero attached hydrogens (tertiary/aromatic N) is 1. The Morgan fingerprint density at radius 1 is 1.10 bits per heavy atom. The second-order valence-electron chi connectivity index (χ2n) is 9.07. The number of rotatable bonds is 6. The van der Waals surface area contributed by atoms with Crippen LogP contribution in [0.2, 0.25) is 0 Å². The third-order valence-corrected chi connectivity index (χ3v) is 10.6. The summed E-state index contributed by atoms with van der Waals surface area (Å²) in [4.78, 5) is 12.7. The van der Waals surface area contributed by atoms with Crippen molar-refractivity contribution in [3.63, 3.8) is 0 Å². The maximum Gasteiger partial charge on any atom is 0.243 e. The number of benzene rings is 1. The van der Waals surface area contributed by atoms with Gasteiger partial charge in [0.25, 0.3) is 0 Å². The number of nitrogens with one attached hydrogen (secondary N) is 1. The Bertz CT molecular complexity index is 1040. The summed E-state index contributed by atoms with van der Waals surface area (Å²) in [5.41, 5.74) is -0.900. The van der Waals surface area contributed by atoms with Crippen LogP contribution in [-0.4, -0.2) is 59.0 Å². The Hall–Kier alpha value is -1.49. The smallest absolute Gasteiger partial charge is 0.243 e. The van der Waals surface area contributed by atoms with Crippen molar-refractivity contribution >= 4 is 31.5 Å². The van der Waals surface area contributed by atoms with Gasteiger partial charge in [0.2, 0.25) is 20.0 Å². The lowest BCUT2D eigenvalue weighted by molar-refractivity contribution is -0.128. The number of carbonyl (C=O) groups excluding carboxylic acids is 1. The van der Waals surface area contributed by atoms with Crippen LogP contribution in [0.3, 0.4) is 0 Å². The van der Waals surface area contributed by atoms with Gasteiger partial charge in [0, 0.05) is 25.2 Å². The molecule has 4 rings (SSSR count). The molecule has 2 unspecified atom stereocenters. The van der Waals surface area contributed by atoms with Gasteiger partial charge in [-0.3, -0.25) is 9.52 Å². The number of morpholine rings is 1. The number of ketones is 1. The average Bonchev–Trinajstić information content (AvgIpc) is 3.02. The fraction of sp³-hybridized carbons (Fsp3) is 0.650. The summed E-state index contributed by atoms with van der Waals surface area (Å²) in [5.74, 6) is 0.0434. The molecule has 8 nitrogen and oxygen atoms in total. The van der Waals surface area contributed by atoms with E-state index in [-0.39, 0.29) is 33.5 Å². The van der Waals surface area contributed by atoms with Gasteiger partial charge in [0.05, 0.1) is 29.3 Å². The minimum absolute atomic E-state index is 0.0427. The molecular weight excluding hydrogens is 428 g/mol. The van der Waals surface area contributed by atoms with Crippen molar-refractivity contribution in [1.29, 1.82) is 0 Å². The number of hydrogen-bond donors (Lipinski definition) is 1. The lowest BCUT2D eigenvalue weighted by Gasteiger charge is -2.36. The maximum absolute atomic E-state index is 12.9. The van der Waals surface area contributed by atoms with E-state index in [0.29, 0.717) is 39.1 Å². The molecule has 0 spiro atoms. The lowest BCUT2D eigenvalue weighted by Crippen LogP contribution is -2.43. The summed E-state index contributed by atoms with van der Waals surface area (Å²) in [6.45, 7) is 5.30. The molecule has 3 aliphatic rings. The molecule has 10 heteroatoms. The highest BCUT2D eigenvalue weighted by Gasteiger charge is 2.65. The minimum atomic E-state index is -3.78. The molecule has 1 N–H and O–H groups in total. The SMILES string of the molecule is CC1(C)C2CCC1(CS(=O)(=O)Nc1ccc(S(=O)(=O)N3CCOCC3)cc1)C(=O)C2. The molecular formula is C20H28N2O6S2. The van der Waals surface area contributed by atoms with Crippen molar-refractivity contribution in [2.75, 3.05) is 36.8 Å². The molecule has 30 heavy (non-hydrogen) atoms. The predicted octanol–water partition coefficient (Wildman–Crippen LogP) is 1.84.